The van der Waals surface area contributed by atoms with Gasteiger partial charge in [0.2, 0.25) is 0 Å². The van der Waals surface area contributed by atoms with Crippen LogP contribution in [0.5, 0.6) is 5.75 Å². The van der Waals surface area contributed by atoms with Crippen LogP contribution in [0.25, 0.3) is 11.4 Å². The fraction of sp³-hybridized carbons (Fsp3) is 0.0588. The lowest BCUT2D eigenvalue weighted by Gasteiger charge is -2.13. The molecule has 0 fully saturated rings. The Hall–Kier alpha value is -3.30. The monoisotopic (exact) mass is 388 g/mol. The smallest absolute Gasteiger partial charge is 0.268 e. The maximum Gasteiger partial charge on any atom is 0.268 e. The number of nitrogens with one attached hydrogen (secondary N) is 2. The van der Waals surface area contributed by atoms with Crippen molar-refractivity contribution >= 4 is 29.0 Å². The van der Waals surface area contributed by atoms with E-state index >= 15 is 0 Å². The zero-order valence-electron chi connectivity index (χ0n) is 14.0. The molecule has 0 bridgehead atoms. The lowest BCUT2D eigenvalue weighted by atomic mass is 10.2. The number of ether oxygens (including phenoxy) is 1. The summed E-state index contributed by atoms with van der Waals surface area (Å²) in [5.74, 6) is 4.73. The SMILES string of the molecule is COc1cnc(-c2cc(Cl)ccc2F)nc1Nc1ccncc1C(=O)NN. The molecule has 0 aliphatic rings. The average molecular weight is 389 g/mol. The molecule has 3 aromatic rings. The molecule has 0 saturated carbocycles. The molecule has 1 aromatic carbocycles. The molecule has 0 aliphatic carbocycles. The summed E-state index contributed by atoms with van der Waals surface area (Å²) in [6.07, 6.45) is 4.21. The zero-order valence-corrected chi connectivity index (χ0v) is 14.8. The third-order valence-electron chi connectivity index (χ3n) is 3.59. The maximum atomic E-state index is 14.1. The van der Waals surface area contributed by atoms with Gasteiger partial charge in [0.15, 0.2) is 17.4 Å². The number of hydrazine groups is 1. The Morgan fingerprint density at radius 3 is 2.85 bits per heavy atom. The van der Waals surface area contributed by atoms with E-state index < -0.39 is 11.7 Å². The highest BCUT2D eigenvalue weighted by atomic mass is 35.5. The van der Waals surface area contributed by atoms with E-state index in [0.29, 0.717) is 10.7 Å². The molecule has 1 amide bonds. The van der Waals surface area contributed by atoms with Crippen molar-refractivity contribution in [3.63, 3.8) is 0 Å². The Labute approximate surface area is 158 Å². The number of hydrogen-bond acceptors (Lipinski definition) is 7. The van der Waals surface area contributed by atoms with Gasteiger partial charge >= 0.3 is 0 Å². The minimum atomic E-state index is -0.542. The number of pyridine rings is 1. The number of anilines is 2. The molecular weight excluding hydrogens is 375 g/mol. The number of methoxy groups -OCH3 is 1. The fourth-order valence-corrected chi connectivity index (χ4v) is 2.47. The van der Waals surface area contributed by atoms with Crippen LogP contribution in [0.15, 0.2) is 42.9 Å². The number of nitrogens with zero attached hydrogens (tertiary/aromatic N) is 3. The Bertz CT molecular complexity index is 1000. The van der Waals surface area contributed by atoms with E-state index in [1.165, 1.54) is 43.9 Å². The van der Waals surface area contributed by atoms with Gasteiger partial charge in [-0.1, -0.05) is 11.6 Å². The first-order chi connectivity index (χ1) is 13.0. The molecule has 8 nitrogen and oxygen atoms in total. The van der Waals surface area contributed by atoms with Crippen molar-refractivity contribution in [2.24, 2.45) is 5.84 Å². The molecule has 0 saturated heterocycles. The number of carbonyl (C=O) groups is 1. The summed E-state index contributed by atoms with van der Waals surface area (Å²) >= 11 is 5.94. The van der Waals surface area contributed by atoms with Gasteiger partial charge in [0.1, 0.15) is 5.82 Å². The topological polar surface area (TPSA) is 115 Å². The molecule has 0 aliphatic heterocycles. The lowest BCUT2D eigenvalue weighted by Crippen LogP contribution is -2.30. The molecule has 2 heterocycles. The third kappa shape index (κ3) is 3.94. The molecule has 0 spiro atoms. The Balaban J connectivity index is 2.06. The number of aromatic nitrogens is 3. The zero-order chi connectivity index (χ0) is 19.4. The molecule has 0 unspecified atom stereocenters. The number of carbonyl (C=O) groups excluding carboxylic acids is 1. The normalized spacial score (nSPS) is 10.4. The van der Waals surface area contributed by atoms with Crippen molar-refractivity contribution in [2.45, 2.75) is 0 Å². The van der Waals surface area contributed by atoms with E-state index in [9.17, 15) is 9.18 Å². The van der Waals surface area contributed by atoms with Crippen LogP contribution in [0.1, 0.15) is 10.4 Å². The summed E-state index contributed by atoms with van der Waals surface area (Å²) in [7, 11) is 1.43. The number of nitrogen functional groups attached to an aromatic ring is 1. The molecule has 0 radical (unpaired) electrons. The molecule has 0 atom stereocenters. The van der Waals surface area contributed by atoms with E-state index in [1.807, 2.05) is 5.43 Å². The second-order valence-corrected chi connectivity index (χ2v) is 5.69. The second kappa shape index (κ2) is 7.94. The molecule has 27 heavy (non-hydrogen) atoms. The third-order valence-corrected chi connectivity index (χ3v) is 3.83. The predicted molar refractivity (Wildman–Crippen MR) is 98.2 cm³/mol. The fourth-order valence-electron chi connectivity index (χ4n) is 2.30. The molecule has 138 valence electrons. The van der Waals surface area contributed by atoms with Gasteiger partial charge in [0.25, 0.3) is 5.91 Å². The predicted octanol–water partition coefficient (Wildman–Crippen LogP) is 2.69. The van der Waals surface area contributed by atoms with Gasteiger partial charge in [0.05, 0.1) is 30.1 Å². The maximum absolute atomic E-state index is 14.1. The van der Waals surface area contributed by atoms with Crippen molar-refractivity contribution < 1.29 is 13.9 Å². The Morgan fingerprint density at radius 1 is 1.30 bits per heavy atom. The summed E-state index contributed by atoms with van der Waals surface area (Å²) in [5.41, 5.74) is 2.74. The Morgan fingerprint density at radius 2 is 2.11 bits per heavy atom. The van der Waals surface area contributed by atoms with Crippen molar-refractivity contribution in [3.8, 4) is 17.1 Å². The lowest BCUT2D eigenvalue weighted by molar-refractivity contribution is 0.0954. The molecule has 2 aromatic heterocycles. The molecular formula is C17H14ClFN6O2. The summed E-state index contributed by atoms with van der Waals surface area (Å²) in [4.78, 5) is 24.2. The number of nitrogens with two attached hydrogens (primary N) is 1. The van der Waals surface area contributed by atoms with Crippen molar-refractivity contribution in [1.29, 1.82) is 0 Å². The van der Waals surface area contributed by atoms with Crippen LogP contribution in [-0.2, 0) is 0 Å². The van der Waals surface area contributed by atoms with Crippen LogP contribution in [0.2, 0.25) is 5.02 Å². The second-order valence-electron chi connectivity index (χ2n) is 5.25. The number of hydrogen-bond donors (Lipinski definition) is 3. The van der Waals surface area contributed by atoms with Gasteiger partial charge in [-0.05, 0) is 24.3 Å². The molecule has 4 N–H and O–H groups in total. The number of amides is 1. The van der Waals surface area contributed by atoms with Gasteiger partial charge in [-0.15, -0.1) is 0 Å². The van der Waals surface area contributed by atoms with Crippen molar-refractivity contribution in [3.05, 3.63) is 59.3 Å². The summed E-state index contributed by atoms with van der Waals surface area (Å²) in [6, 6.07) is 5.64. The highest BCUT2D eigenvalue weighted by Crippen LogP contribution is 2.30. The number of halogens is 2. The standard InChI is InChI=1S/C17H14ClFN6O2/c1-27-14-8-22-15(10-6-9(18)2-3-12(10)19)24-16(14)23-13-4-5-21-7-11(13)17(26)25-20/h2-8H,20H2,1H3,(H,25,26)(H,21,22,23,24). The summed E-state index contributed by atoms with van der Waals surface area (Å²) in [6.45, 7) is 0. The van der Waals surface area contributed by atoms with Gasteiger partial charge < -0.3 is 10.1 Å². The minimum Gasteiger partial charge on any atom is -0.491 e. The average Bonchev–Trinajstić information content (AvgIpc) is 2.69. The van der Waals surface area contributed by atoms with E-state index in [1.54, 1.807) is 6.07 Å². The minimum absolute atomic E-state index is 0.0946. The Kier molecular flexibility index (Phi) is 5.43. The van der Waals surface area contributed by atoms with Gasteiger partial charge in [-0.2, -0.15) is 0 Å². The number of benzene rings is 1. The van der Waals surface area contributed by atoms with E-state index in [0.717, 1.165) is 0 Å². The first kappa shape index (κ1) is 18.5. The first-order valence-electron chi connectivity index (χ1n) is 7.62. The summed E-state index contributed by atoms with van der Waals surface area (Å²) in [5, 5.41) is 3.31. The van der Waals surface area contributed by atoms with Gasteiger partial charge in [-0.25, -0.2) is 20.2 Å². The van der Waals surface area contributed by atoms with Crippen LogP contribution in [0.4, 0.5) is 15.9 Å². The van der Waals surface area contributed by atoms with E-state index in [-0.39, 0.29) is 28.5 Å². The van der Waals surface area contributed by atoms with Crippen LogP contribution in [0.3, 0.4) is 0 Å². The van der Waals surface area contributed by atoms with E-state index in [2.05, 4.69) is 20.3 Å². The van der Waals surface area contributed by atoms with Gasteiger partial charge in [-0.3, -0.25) is 15.2 Å². The largest absolute Gasteiger partial charge is 0.491 e. The van der Waals surface area contributed by atoms with E-state index in [4.69, 9.17) is 22.2 Å². The highest BCUT2D eigenvalue weighted by Gasteiger charge is 2.16. The first-order valence-corrected chi connectivity index (χ1v) is 7.99. The van der Waals surface area contributed by atoms with Crippen LogP contribution in [0, 0.1) is 5.82 Å². The van der Waals surface area contributed by atoms with Crippen LogP contribution >= 0.6 is 11.6 Å². The molecule has 3 rings (SSSR count). The highest BCUT2D eigenvalue weighted by molar-refractivity contribution is 6.30. The van der Waals surface area contributed by atoms with Gasteiger partial charge in [0, 0.05) is 17.4 Å². The molecule has 10 heteroatoms. The van der Waals surface area contributed by atoms with Crippen LogP contribution in [-0.4, -0.2) is 28.0 Å². The van der Waals surface area contributed by atoms with Crippen molar-refractivity contribution in [1.82, 2.24) is 20.4 Å². The van der Waals surface area contributed by atoms with Crippen LogP contribution < -0.4 is 21.3 Å². The summed E-state index contributed by atoms with van der Waals surface area (Å²) < 4.78 is 19.4. The quantitative estimate of drug-likeness (QED) is 0.349. The number of rotatable bonds is 5. The van der Waals surface area contributed by atoms with Crippen molar-refractivity contribution in [2.75, 3.05) is 12.4 Å².